The van der Waals surface area contributed by atoms with Gasteiger partial charge in [0.05, 0.1) is 16.7 Å². The number of benzene rings is 3. The molecule has 0 saturated heterocycles. The fourth-order valence-corrected chi connectivity index (χ4v) is 3.91. The van der Waals surface area contributed by atoms with E-state index in [2.05, 4.69) is 10.2 Å². The Morgan fingerprint density at radius 3 is 2.17 bits per heavy atom. The van der Waals surface area contributed by atoms with E-state index in [0.717, 1.165) is 22.4 Å². The van der Waals surface area contributed by atoms with Gasteiger partial charge in [0, 0.05) is 28.9 Å². The lowest BCUT2D eigenvalue weighted by Crippen LogP contribution is -2.29. The molecule has 7 nitrogen and oxygen atoms in total. The summed E-state index contributed by atoms with van der Waals surface area (Å²) in [5, 5.41) is 18.4. The van der Waals surface area contributed by atoms with Crippen LogP contribution in [0, 0.1) is 10.1 Å². The van der Waals surface area contributed by atoms with Crippen LogP contribution in [0.25, 0.3) is 11.3 Å². The summed E-state index contributed by atoms with van der Waals surface area (Å²) in [7, 11) is 0. The SMILES string of the molecule is O=C1c2[nH]nc(-c3ccccc3)c2[C@H](c2ccc([N+](=O)[O-])cc2)N1c1ccccc1. The van der Waals surface area contributed by atoms with Crippen molar-refractivity contribution in [3.8, 4) is 11.3 Å². The summed E-state index contributed by atoms with van der Waals surface area (Å²) in [5.74, 6) is -0.186. The first-order valence-corrected chi connectivity index (χ1v) is 9.42. The monoisotopic (exact) mass is 396 g/mol. The fraction of sp³-hybridized carbons (Fsp3) is 0.0435. The summed E-state index contributed by atoms with van der Waals surface area (Å²) >= 11 is 0. The number of fused-ring (bicyclic) bond motifs is 1. The molecule has 1 aliphatic heterocycles. The van der Waals surface area contributed by atoms with Gasteiger partial charge in [-0.2, -0.15) is 5.10 Å². The lowest BCUT2D eigenvalue weighted by Gasteiger charge is -2.26. The standard InChI is InChI=1S/C23H16N4O3/c28-23-21-19(20(24-25-21)15-7-3-1-4-8-15)22(26(23)17-9-5-2-6-10-17)16-11-13-18(14-12-16)27(29)30/h1-14,22H,(H,24,25)/t22-/m0/s1. The Hall–Kier alpha value is -4.26. The Balaban J connectivity index is 1.71. The quantitative estimate of drug-likeness (QED) is 0.398. The van der Waals surface area contributed by atoms with Gasteiger partial charge in [0.1, 0.15) is 5.69 Å². The van der Waals surface area contributed by atoms with Gasteiger partial charge < -0.3 is 0 Å². The van der Waals surface area contributed by atoms with Crippen LogP contribution >= 0.6 is 0 Å². The lowest BCUT2D eigenvalue weighted by molar-refractivity contribution is -0.384. The summed E-state index contributed by atoms with van der Waals surface area (Å²) in [6.45, 7) is 0. The van der Waals surface area contributed by atoms with Crippen molar-refractivity contribution < 1.29 is 9.72 Å². The number of hydrogen-bond donors (Lipinski definition) is 1. The first kappa shape index (κ1) is 17.8. The highest BCUT2D eigenvalue weighted by atomic mass is 16.6. The Labute approximate surface area is 171 Å². The number of carbonyl (C=O) groups is 1. The van der Waals surface area contributed by atoms with E-state index in [1.54, 1.807) is 17.0 Å². The Morgan fingerprint density at radius 2 is 1.53 bits per heavy atom. The number of anilines is 1. The number of nitro benzene ring substituents is 1. The first-order valence-electron chi connectivity index (χ1n) is 9.42. The van der Waals surface area contributed by atoms with E-state index in [-0.39, 0.29) is 11.6 Å². The summed E-state index contributed by atoms with van der Waals surface area (Å²) in [4.78, 5) is 25.7. The second kappa shape index (κ2) is 6.97. The van der Waals surface area contributed by atoms with Crippen molar-refractivity contribution in [2.24, 2.45) is 0 Å². The Kier molecular flexibility index (Phi) is 4.14. The number of nitrogens with zero attached hydrogens (tertiary/aromatic N) is 3. The maximum Gasteiger partial charge on any atom is 0.277 e. The van der Waals surface area contributed by atoms with Crippen LogP contribution in [0.15, 0.2) is 84.9 Å². The van der Waals surface area contributed by atoms with E-state index < -0.39 is 11.0 Å². The summed E-state index contributed by atoms with van der Waals surface area (Å²) < 4.78 is 0. The highest BCUT2D eigenvalue weighted by molar-refractivity contribution is 6.11. The molecular formula is C23H16N4O3. The van der Waals surface area contributed by atoms with Gasteiger partial charge in [-0.05, 0) is 29.8 Å². The molecule has 0 spiro atoms. The predicted molar refractivity (Wildman–Crippen MR) is 112 cm³/mol. The van der Waals surface area contributed by atoms with Crippen molar-refractivity contribution in [1.29, 1.82) is 0 Å². The highest BCUT2D eigenvalue weighted by Crippen LogP contribution is 2.45. The third kappa shape index (κ3) is 2.76. The third-order valence-corrected chi connectivity index (χ3v) is 5.27. The van der Waals surface area contributed by atoms with E-state index in [0.29, 0.717) is 11.4 Å². The van der Waals surface area contributed by atoms with Crippen LogP contribution in [-0.2, 0) is 0 Å². The van der Waals surface area contributed by atoms with Gasteiger partial charge in [-0.3, -0.25) is 24.9 Å². The van der Waals surface area contributed by atoms with Crippen molar-refractivity contribution in [2.75, 3.05) is 4.90 Å². The first-order chi connectivity index (χ1) is 14.6. The van der Waals surface area contributed by atoms with Crippen LogP contribution in [0.2, 0.25) is 0 Å². The van der Waals surface area contributed by atoms with Crippen molar-refractivity contribution in [3.05, 3.63) is 112 Å². The molecule has 0 radical (unpaired) electrons. The minimum Gasteiger partial charge on any atom is -0.295 e. The Morgan fingerprint density at radius 1 is 0.900 bits per heavy atom. The number of nitrogens with one attached hydrogen (secondary N) is 1. The molecule has 2 heterocycles. The second-order valence-corrected chi connectivity index (χ2v) is 6.99. The van der Waals surface area contributed by atoms with Gasteiger partial charge in [0.2, 0.25) is 0 Å². The topological polar surface area (TPSA) is 92.1 Å². The van der Waals surface area contributed by atoms with E-state index >= 15 is 0 Å². The number of aromatic nitrogens is 2. The van der Waals surface area contributed by atoms with Gasteiger partial charge in [-0.25, -0.2) is 0 Å². The number of H-pyrrole nitrogens is 1. The van der Waals surface area contributed by atoms with Gasteiger partial charge in [0.25, 0.3) is 11.6 Å². The molecule has 1 atom stereocenters. The predicted octanol–water partition coefficient (Wildman–Crippen LogP) is 4.73. The normalized spacial score (nSPS) is 15.3. The number of rotatable bonds is 4. The Bertz CT molecular complexity index is 1230. The fourth-order valence-electron chi connectivity index (χ4n) is 3.91. The molecule has 5 rings (SSSR count). The molecule has 0 unspecified atom stereocenters. The number of hydrogen-bond acceptors (Lipinski definition) is 4. The smallest absolute Gasteiger partial charge is 0.277 e. The summed E-state index contributed by atoms with van der Waals surface area (Å²) in [5.41, 5.74) is 4.31. The van der Waals surface area contributed by atoms with E-state index in [1.165, 1.54) is 12.1 Å². The molecule has 7 heteroatoms. The average molecular weight is 396 g/mol. The number of aromatic amines is 1. The molecule has 1 aliphatic rings. The molecule has 1 aromatic heterocycles. The average Bonchev–Trinajstić information content (AvgIpc) is 3.34. The number of para-hydroxylation sites is 1. The van der Waals surface area contributed by atoms with Crippen LogP contribution in [0.1, 0.15) is 27.7 Å². The van der Waals surface area contributed by atoms with Crippen LogP contribution in [0.4, 0.5) is 11.4 Å². The van der Waals surface area contributed by atoms with Crippen LogP contribution < -0.4 is 4.90 Å². The maximum atomic E-state index is 13.3. The number of non-ortho nitro benzene ring substituents is 1. The van der Waals surface area contributed by atoms with E-state index in [1.807, 2.05) is 60.7 Å². The van der Waals surface area contributed by atoms with Crippen molar-refractivity contribution >= 4 is 17.3 Å². The summed E-state index contributed by atoms with van der Waals surface area (Å²) in [6.07, 6.45) is 0. The van der Waals surface area contributed by atoms with Crippen LogP contribution in [-0.4, -0.2) is 21.0 Å². The van der Waals surface area contributed by atoms with Crippen LogP contribution in [0.5, 0.6) is 0 Å². The minimum absolute atomic E-state index is 0.00466. The summed E-state index contributed by atoms with van der Waals surface area (Å²) in [6, 6.07) is 24.9. The molecule has 3 aromatic carbocycles. The van der Waals surface area contributed by atoms with Gasteiger partial charge in [0.15, 0.2) is 0 Å². The zero-order chi connectivity index (χ0) is 20.7. The van der Waals surface area contributed by atoms with Gasteiger partial charge >= 0.3 is 0 Å². The molecule has 4 aromatic rings. The zero-order valence-electron chi connectivity index (χ0n) is 15.7. The zero-order valence-corrected chi connectivity index (χ0v) is 15.7. The number of nitro groups is 1. The van der Waals surface area contributed by atoms with E-state index in [9.17, 15) is 14.9 Å². The van der Waals surface area contributed by atoms with E-state index in [4.69, 9.17) is 0 Å². The largest absolute Gasteiger partial charge is 0.295 e. The number of carbonyl (C=O) groups excluding carboxylic acids is 1. The molecule has 146 valence electrons. The molecule has 0 saturated carbocycles. The molecule has 0 aliphatic carbocycles. The van der Waals surface area contributed by atoms with Crippen molar-refractivity contribution in [1.82, 2.24) is 10.2 Å². The molecule has 0 bridgehead atoms. The molecular weight excluding hydrogens is 380 g/mol. The van der Waals surface area contributed by atoms with Crippen molar-refractivity contribution in [3.63, 3.8) is 0 Å². The number of amides is 1. The second-order valence-electron chi connectivity index (χ2n) is 6.99. The minimum atomic E-state index is -0.454. The van der Waals surface area contributed by atoms with Crippen molar-refractivity contribution in [2.45, 2.75) is 6.04 Å². The lowest BCUT2D eigenvalue weighted by atomic mass is 9.95. The molecule has 30 heavy (non-hydrogen) atoms. The van der Waals surface area contributed by atoms with Gasteiger partial charge in [-0.1, -0.05) is 48.5 Å². The van der Waals surface area contributed by atoms with Gasteiger partial charge in [-0.15, -0.1) is 0 Å². The molecule has 1 N–H and O–H groups in total. The molecule has 1 amide bonds. The maximum absolute atomic E-state index is 13.3. The highest BCUT2D eigenvalue weighted by Gasteiger charge is 2.43. The molecule has 0 fully saturated rings. The third-order valence-electron chi connectivity index (χ3n) is 5.27. The van der Waals surface area contributed by atoms with Crippen LogP contribution in [0.3, 0.4) is 0 Å².